The van der Waals surface area contributed by atoms with Crippen molar-refractivity contribution in [2.75, 3.05) is 0 Å². The first-order chi connectivity index (χ1) is 8.56. The first kappa shape index (κ1) is 13.4. The van der Waals surface area contributed by atoms with Gasteiger partial charge in [0.15, 0.2) is 0 Å². The van der Waals surface area contributed by atoms with Gasteiger partial charge in [-0.3, -0.25) is 0 Å². The van der Waals surface area contributed by atoms with E-state index in [9.17, 15) is 0 Å². The molecule has 0 fully saturated rings. The van der Waals surface area contributed by atoms with Crippen LogP contribution in [0.2, 0.25) is 0 Å². The molecule has 2 nitrogen and oxygen atoms in total. The van der Waals surface area contributed by atoms with Crippen LogP contribution in [0.15, 0.2) is 24.3 Å². The van der Waals surface area contributed by atoms with Crippen molar-refractivity contribution < 1.29 is 0 Å². The molecule has 1 heterocycles. The third kappa shape index (κ3) is 2.26. The van der Waals surface area contributed by atoms with Crippen LogP contribution >= 0.6 is 11.6 Å². The van der Waals surface area contributed by atoms with E-state index in [0.29, 0.717) is 12.0 Å². The minimum atomic E-state index is -0.0658. The molecule has 2 rings (SSSR count). The third-order valence-corrected chi connectivity index (χ3v) is 4.05. The molecule has 3 heteroatoms. The molecule has 0 saturated heterocycles. The van der Waals surface area contributed by atoms with Gasteiger partial charge in [0.05, 0.1) is 16.4 Å². The number of hydrogen-bond acceptors (Lipinski definition) is 1. The van der Waals surface area contributed by atoms with Gasteiger partial charge >= 0.3 is 0 Å². The summed E-state index contributed by atoms with van der Waals surface area (Å²) in [5.74, 6) is 1.59. The normalized spacial score (nSPS) is 16.7. The molecule has 0 saturated carbocycles. The molecule has 0 N–H and O–H groups in total. The van der Waals surface area contributed by atoms with Crippen LogP contribution in [0, 0.1) is 5.92 Å². The second kappa shape index (κ2) is 5.31. The number of aromatic nitrogens is 2. The van der Waals surface area contributed by atoms with Crippen molar-refractivity contribution in [2.45, 2.75) is 45.5 Å². The molecule has 0 radical (unpaired) electrons. The van der Waals surface area contributed by atoms with E-state index in [4.69, 9.17) is 11.6 Å². The quantitative estimate of drug-likeness (QED) is 0.715. The Morgan fingerprint density at radius 1 is 1.22 bits per heavy atom. The van der Waals surface area contributed by atoms with Gasteiger partial charge in [-0.25, -0.2) is 4.98 Å². The fourth-order valence-corrected chi connectivity index (χ4v) is 2.52. The zero-order valence-electron chi connectivity index (χ0n) is 11.5. The number of hydrogen-bond donors (Lipinski definition) is 0. The summed E-state index contributed by atoms with van der Waals surface area (Å²) in [6.07, 6.45) is 1.16. The summed E-state index contributed by atoms with van der Waals surface area (Å²) >= 11 is 6.29. The maximum Gasteiger partial charge on any atom is 0.127 e. The van der Waals surface area contributed by atoms with Gasteiger partial charge < -0.3 is 4.57 Å². The van der Waals surface area contributed by atoms with Crippen LogP contribution in [-0.2, 0) is 0 Å². The molecule has 1 aromatic carbocycles. The van der Waals surface area contributed by atoms with Crippen LogP contribution in [-0.4, -0.2) is 9.55 Å². The van der Waals surface area contributed by atoms with Gasteiger partial charge in [0.2, 0.25) is 0 Å². The van der Waals surface area contributed by atoms with Gasteiger partial charge in [-0.1, -0.05) is 32.4 Å². The summed E-state index contributed by atoms with van der Waals surface area (Å²) in [6, 6.07) is 8.68. The van der Waals surface area contributed by atoms with Crippen LogP contribution in [0.25, 0.3) is 11.0 Å². The number of fused-ring (bicyclic) bond motifs is 1. The molecule has 0 amide bonds. The van der Waals surface area contributed by atoms with Crippen LogP contribution < -0.4 is 0 Å². The second-order valence-electron chi connectivity index (χ2n) is 5.07. The molecular weight excluding hydrogens is 244 g/mol. The Hall–Kier alpha value is -1.02. The zero-order valence-corrected chi connectivity index (χ0v) is 12.3. The molecule has 1 aromatic heterocycles. The van der Waals surface area contributed by atoms with Gasteiger partial charge in [-0.05, 0) is 31.9 Å². The van der Waals surface area contributed by atoms with Crippen molar-refractivity contribution in [3.8, 4) is 0 Å². The highest BCUT2D eigenvalue weighted by atomic mass is 35.5. The Labute approximate surface area is 114 Å². The summed E-state index contributed by atoms with van der Waals surface area (Å²) in [4.78, 5) is 4.68. The van der Waals surface area contributed by atoms with Crippen molar-refractivity contribution in [1.29, 1.82) is 0 Å². The Morgan fingerprint density at radius 3 is 2.50 bits per heavy atom. The number of para-hydroxylation sites is 2. The van der Waals surface area contributed by atoms with Crippen LogP contribution in [0.3, 0.4) is 0 Å². The predicted octanol–water partition coefficient (Wildman–Crippen LogP) is 4.94. The van der Waals surface area contributed by atoms with Crippen molar-refractivity contribution in [1.82, 2.24) is 9.55 Å². The molecule has 0 aliphatic rings. The third-order valence-electron chi connectivity index (χ3n) is 3.85. The zero-order chi connectivity index (χ0) is 13.3. The lowest BCUT2D eigenvalue weighted by Crippen LogP contribution is -2.16. The summed E-state index contributed by atoms with van der Waals surface area (Å²) in [7, 11) is 0. The van der Waals surface area contributed by atoms with Crippen molar-refractivity contribution in [2.24, 2.45) is 5.92 Å². The molecule has 18 heavy (non-hydrogen) atoms. The monoisotopic (exact) mass is 264 g/mol. The maximum atomic E-state index is 6.29. The standard InChI is InChI=1S/C15H21ClN2/c1-5-10(2)12(4)18-14-9-7-6-8-13(14)17-15(18)11(3)16/h6-12H,5H2,1-4H3. The molecule has 3 atom stereocenters. The number of halogens is 1. The summed E-state index contributed by atoms with van der Waals surface area (Å²) < 4.78 is 2.31. The van der Waals surface area contributed by atoms with E-state index in [1.807, 2.05) is 13.0 Å². The average molecular weight is 265 g/mol. The van der Waals surface area contributed by atoms with Gasteiger partial charge in [0.25, 0.3) is 0 Å². The van der Waals surface area contributed by atoms with E-state index in [1.54, 1.807) is 0 Å². The Bertz CT molecular complexity index is 530. The van der Waals surface area contributed by atoms with Crippen LogP contribution in [0.1, 0.15) is 51.4 Å². The van der Waals surface area contributed by atoms with E-state index < -0.39 is 0 Å². The molecule has 0 spiro atoms. The first-order valence-electron chi connectivity index (χ1n) is 6.67. The Morgan fingerprint density at radius 2 is 1.89 bits per heavy atom. The molecule has 2 aromatic rings. The predicted molar refractivity (Wildman–Crippen MR) is 78.2 cm³/mol. The van der Waals surface area contributed by atoms with Crippen LogP contribution in [0.4, 0.5) is 0 Å². The smallest absolute Gasteiger partial charge is 0.127 e. The van der Waals surface area contributed by atoms with E-state index in [0.717, 1.165) is 17.8 Å². The van der Waals surface area contributed by atoms with Crippen molar-refractivity contribution >= 4 is 22.6 Å². The number of alkyl halides is 1. The number of nitrogens with zero attached hydrogens (tertiary/aromatic N) is 2. The number of imidazole rings is 1. The highest BCUT2D eigenvalue weighted by Crippen LogP contribution is 2.31. The van der Waals surface area contributed by atoms with E-state index in [1.165, 1.54) is 5.52 Å². The minimum Gasteiger partial charge on any atom is -0.324 e. The summed E-state index contributed by atoms with van der Waals surface area (Å²) in [6.45, 7) is 8.75. The Kier molecular flexibility index (Phi) is 3.96. The summed E-state index contributed by atoms with van der Waals surface area (Å²) in [5, 5.41) is -0.0658. The minimum absolute atomic E-state index is 0.0658. The molecular formula is C15H21ClN2. The summed E-state index contributed by atoms with van der Waals surface area (Å²) in [5.41, 5.74) is 2.22. The first-order valence-corrected chi connectivity index (χ1v) is 7.10. The topological polar surface area (TPSA) is 17.8 Å². The lowest BCUT2D eigenvalue weighted by molar-refractivity contribution is 0.369. The van der Waals surface area contributed by atoms with E-state index in [2.05, 4.69) is 48.5 Å². The molecule has 0 aliphatic heterocycles. The Balaban J connectivity index is 2.61. The van der Waals surface area contributed by atoms with Gasteiger partial charge in [0, 0.05) is 6.04 Å². The largest absolute Gasteiger partial charge is 0.324 e. The average Bonchev–Trinajstić information content (AvgIpc) is 2.76. The molecule has 0 aliphatic carbocycles. The fourth-order valence-electron chi connectivity index (χ4n) is 2.37. The lowest BCUT2D eigenvalue weighted by Gasteiger charge is -2.23. The second-order valence-corrected chi connectivity index (χ2v) is 5.73. The SMILES string of the molecule is CCC(C)C(C)n1c(C(C)Cl)nc2ccccc21. The van der Waals surface area contributed by atoms with Gasteiger partial charge in [0.1, 0.15) is 5.82 Å². The molecule has 0 bridgehead atoms. The van der Waals surface area contributed by atoms with Gasteiger partial charge in [-0.15, -0.1) is 11.6 Å². The molecule has 98 valence electrons. The van der Waals surface area contributed by atoms with E-state index in [-0.39, 0.29) is 5.38 Å². The number of rotatable bonds is 4. The van der Waals surface area contributed by atoms with Crippen molar-refractivity contribution in [3.05, 3.63) is 30.1 Å². The fraction of sp³-hybridized carbons (Fsp3) is 0.533. The van der Waals surface area contributed by atoms with E-state index >= 15 is 0 Å². The maximum absolute atomic E-state index is 6.29. The number of benzene rings is 1. The lowest BCUT2D eigenvalue weighted by atomic mass is 10.0. The molecule has 3 unspecified atom stereocenters. The highest BCUT2D eigenvalue weighted by molar-refractivity contribution is 6.20. The van der Waals surface area contributed by atoms with Gasteiger partial charge in [-0.2, -0.15) is 0 Å². The highest BCUT2D eigenvalue weighted by Gasteiger charge is 2.21. The van der Waals surface area contributed by atoms with Crippen LogP contribution in [0.5, 0.6) is 0 Å². The van der Waals surface area contributed by atoms with Crippen molar-refractivity contribution in [3.63, 3.8) is 0 Å².